The molecule has 0 N–H and O–H groups in total. The third-order valence-corrected chi connectivity index (χ3v) is 5.45. The van der Waals surface area contributed by atoms with E-state index < -0.39 is 10.0 Å². The van der Waals surface area contributed by atoms with Crippen LogP contribution >= 0.6 is 0 Å². The highest BCUT2D eigenvalue weighted by Gasteiger charge is 2.48. The van der Waals surface area contributed by atoms with Gasteiger partial charge in [0.05, 0.1) is 10.9 Å². The van der Waals surface area contributed by atoms with Crippen molar-refractivity contribution in [1.82, 2.24) is 4.31 Å². The summed E-state index contributed by atoms with van der Waals surface area (Å²) >= 11 is 0. The van der Waals surface area contributed by atoms with Gasteiger partial charge >= 0.3 is 0 Å². The van der Waals surface area contributed by atoms with Gasteiger partial charge in [-0.1, -0.05) is 50.6 Å². The first-order valence-electron chi connectivity index (χ1n) is 6.42. The SMILES string of the molecule is C=C(C1CN1S(=O)(=O)c1ccc(C)cc1)C(C)(C)C. The molecule has 4 heteroatoms. The number of benzene rings is 1. The Labute approximate surface area is 116 Å². The highest BCUT2D eigenvalue weighted by atomic mass is 32.2. The van der Waals surface area contributed by atoms with E-state index in [2.05, 4.69) is 27.4 Å². The summed E-state index contributed by atoms with van der Waals surface area (Å²) in [5.41, 5.74) is 1.96. The Balaban J connectivity index is 2.21. The fraction of sp³-hybridized carbons (Fsp3) is 0.467. The summed E-state index contributed by atoms with van der Waals surface area (Å²) < 4.78 is 26.4. The lowest BCUT2D eigenvalue weighted by Crippen LogP contribution is -2.20. The molecule has 0 aliphatic carbocycles. The van der Waals surface area contributed by atoms with Gasteiger partial charge in [-0.2, -0.15) is 4.31 Å². The summed E-state index contributed by atoms with van der Waals surface area (Å²) in [5, 5.41) is 0. The zero-order valence-electron chi connectivity index (χ0n) is 12.0. The van der Waals surface area contributed by atoms with Crippen LogP contribution < -0.4 is 0 Å². The van der Waals surface area contributed by atoms with E-state index >= 15 is 0 Å². The molecular formula is C15H21NO2S. The van der Waals surface area contributed by atoms with Crippen LogP contribution in [0.15, 0.2) is 41.3 Å². The Morgan fingerprint density at radius 3 is 2.26 bits per heavy atom. The Bertz CT molecular complexity index is 594. The normalized spacial score (nSPS) is 23.2. The standard InChI is InChI=1S/C15H21NO2S/c1-11-6-8-13(9-7-11)19(17,18)16-10-14(16)12(2)15(3,4)5/h6-9,14H,2,10H2,1,3-5H3. The van der Waals surface area contributed by atoms with Gasteiger partial charge in [-0.05, 0) is 24.5 Å². The molecule has 1 heterocycles. The van der Waals surface area contributed by atoms with Crippen LogP contribution in [0.25, 0.3) is 0 Å². The van der Waals surface area contributed by atoms with E-state index in [4.69, 9.17) is 0 Å². The van der Waals surface area contributed by atoms with Crippen molar-refractivity contribution >= 4 is 10.0 Å². The van der Waals surface area contributed by atoms with Gasteiger partial charge in [0.15, 0.2) is 0 Å². The third kappa shape index (κ3) is 2.74. The minimum absolute atomic E-state index is 0.0497. The van der Waals surface area contributed by atoms with Crippen molar-refractivity contribution in [3.8, 4) is 0 Å². The number of aryl methyl sites for hydroxylation is 1. The van der Waals surface area contributed by atoms with Gasteiger partial charge in [0.2, 0.25) is 10.0 Å². The summed E-state index contributed by atoms with van der Waals surface area (Å²) in [6.07, 6.45) is 0. The Kier molecular flexibility index (Phi) is 3.35. The van der Waals surface area contributed by atoms with Crippen LogP contribution in [0.1, 0.15) is 26.3 Å². The first-order chi connectivity index (χ1) is 8.64. The molecule has 0 spiro atoms. The number of hydrogen-bond donors (Lipinski definition) is 0. The molecule has 104 valence electrons. The number of rotatable bonds is 3. The van der Waals surface area contributed by atoms with Crippen LogP contribution in [0.3, 0.4) is 0 Å². The highest BCUT2D eigenvalue weighted by Crippen LogP contribution is 2.39. The largest absolute Gasteiger partial charge is 0.243 e. The minimum Gasteiger partial charge on any atom is -0.207 e. The molecular weight excluding hydrogens is 258 g/mol. The van der Waals surface area contributed by atoms with Gasteiger partial charge in [-0.25, -0.2) is 8.42 Å². The molecule has 3 nitrogen and oxygen atoms in total. The van der Waals surface area contributed by atoms with Crippen molar-refractivity contribution in [1.29, 1.82) is 0 Å². The van der Waals surface area contributed by atoms with Crippen LogP contribution in [0.4, 0.5) is 0 Å². The average molecular weight is 279 g/mol. The molecule has 1 aliphatic rings. The molecule has 0 aromatic heterocycles. The van der Waals surface area contributed by atoms with E-state index in [-0.39, 0.29) is 11.5 Å². The quantitative estimate of drug-likeness (QED) is 0.630. The molecule has 1 fully saturated rings. The van der Waals surface area contributed by atoms with Crippen molar-refractivity contribution in [2.75, 3.05) is 6.54 Å². The predicted molar refractivity (Wildman–Crippen MR) is 77.5 cm³/mol. The van der Waals surface area contributed by atoms with Gasteiger partial charge in [0, 0.05) is 6.54 Å². The molecule has 0 saturated carbocycles. The van der Waals surface area contributed by atoms with Crippen molar-refractivity contribution in [3.05, 3.63) is 42.0 Å². The van der Waals surface area contributed by atoms with Crippen molar-refractivity contribution < 1.29 is 8.42 Å². The molecule has 1 saturated heterocycles. The molecule has 2 atom stereocenters. The first kappa shape index (κ1) is 14.3. The van der Waals surface area contributed by atoms with Crippen molar-refractivity contribution in [2.45, 2.75) is 38.6 Å². The second kappa shape index (κ2) is 4.46. The van der Waals surface area contributed by atoms with Gasteiger partial charge in [-0.15, -0.1) is 0 Å². The number of hydrogen-bond acceptors (Lipinski definition) is 2. The van der Waals surface area contributed by atoms with Crippen molar-refractivity contribution in [2.24, 2.45) is 5.41 Å². The summed E-state index contributed by atoms with van der Waals surface area (Å²) in [4.78, 5) is 0.363. The maximum absolute atomic E-state index is 12.4. The van der Waals surface area contributed by atoms with Crippen LogP contribution in [-0.4, -0.2) is 25.3 Å². The lowest BCUT2D eigenvalue weighted by molar-refractivity contribution is 0.477. The Morgan fingerprint density at radius 1 is 1.26 bits per heavy atom. The Hall–Kier alpha value is -1.13. The van der Waals surface area contributed by atoms with Crippen LogP contribution in [0.2, 0.25) is 0 Å². The van der Waals surface area contributed by atoms with E-state index in [9.17, 15) is 8.42 Å². The van der Waals surface area contributed by atoms with Crippen LogP contribution in [-0.2, 0) is 10.0 Å². The monoisotopic (exact) mass is 279 g/mol. The predicted octanol–water partition coefficient (Wildman–Crippen LogP) is 2.97. The summed E-state index contributed by atoms with van der Waals surface area (Å²) in [6, 6.07) is 6.93. The van der Waals surface area contributed by atoms with E-state index in [0.717, 1.165) is 11.1 Å². The summed E-state index contributed by atoms with van der Waals surface area (Å²) in [5.74, 6) is 0. The van der Waals surface area contributed by atoms with Crippen LogP contribution in [0, 0.1) is 12.3 Å². The lowest BCUT2D eigenvalue weighted by atomic mass is 9.86. The van der Waals surface area contributed by atoms with Gasteiger partial charge < -0.3 is 0 Å². The molecule has 19 heavy (non-hydrogen) atoms. The molecule has 0 bridgehead atoms. The number of nitrogens with zero attached hydrogens (tertiary/aromatic N) is 1. The molecule has 0 amide bonds. The molecule has 1 aromatic rings. The molecule has 1 aliphatic heterocycles. The maximum Gasteiger partial charge on any atom is 0.243 e. The van der Waals surface area contributed by atoms with Gasteiger partial charge in [0.1, 0.15) is 0 Å². The molecule has 2 unspecified atom stereocenters. The third-order valence-electron chi connectivity index (χ3n) is 3.56. The highest BCUT2D eigenvalue weighted by molar-refractivity contribution is 7.89. The van der Waals surface area contributed by atoms with Gasteiger partial charge in [-0.3, -0.25) is 0 Å². The van der Waals surface area contributed by atoms with Crippen LogP contribution in [0.5, 0.6) is 0 Å². The maximum atomic E-state index is 12.4. The molecule has 2 rings (SSSR count). The summed E-state index contributed by atoms with van der Waals surface area (Å²) in [7, 11) is -3.36. The second-order valence-corrected chi connectivity index (χ2v) is 8.07. The number of sulfonamides is 1. The van der Waals surface area contributed by atoms with E-state index in [1.807, 2.05) is 19.1 Å². The molecule has 0 radical (unpaired) electrons. The Morgan fingerprint density at radius 2 is 1.79 bits per heavy atom. The lowest BCUT2D eigenvalue weighted by Gasteiger charge is -2.21. The van der Waals surface area contributed by atoms with Crippen molar-refractivity contribution in [3.63, 3.8) is 0 Å². The topological polar surface area (TPSA) is 37.1 Å². The van der Waals surface area contributed by atoms with E-state index in [1.165, 1.54) is 4.31 Å². The average Bonchev–Trinajstić information content (AvgIpc) is 3.07. The van der Waals surface area contributed by atoms with E-state index in [0.29, 0.717) is 11.4 Å². The fourth-order valence-corrected chi connectivity index (χ4v) is 3.57. The summed E-state index contributed by atoms with van der Waals surface area (Å²) in [6.45, 7) is 12.7. The van der Waals surface area contributed by atoms with Gasteiger partial charge in [0.25, 0.3) is 0 Å². The fourth-order valence-electron chi connectivity index (χ4n) is 2.02. The zero-order chi connectivity index (χ0) is 14.4. The first-order valence-corrected chi connectivity index (χ1v) is 7.86. The molecule has 1 aromatic carbocycles. The van der Waals surface area contributed by atoms with E-state index in [1.54, 1.807) is 12.1 Å². The second-order valence-electron chi connectivity index (χ2n) is 6.18. The smallest absolute Gasteiger partial charge is 0.207 e. The minimum atomic E-state index is -3.36. The zero-order valence-corrected chi connectivity index (χ0v) is 12.8.